The third kappa shape index (κ3) is 3.53. The van der Waals surface area contributed by atoms with Gasteiger partial charge in [-0.1, -0.05) is 18.2 Å². The summed E-state index contributed by atoms with van der Waals surface area (Å²) in [5.74, 6) is -1.13. The van der Waals surface area contributed by atoms with Crippen LogP contribution >= 0.6 is 0 Å². The fourth-order valence-electron chi connectivity index (χ4n) is 3.55. The molecule has 0 radical (unpaired) electrons. The van der Waals surface area contributed by atoms with E-state index in [1.165, 1.54) is 12.0 Å². The fourth-order valence-corrected chi connectivity index (χ4v) is 3.55. The van der Waals surface area contributed by atoms with Crippen LogP contribution in [0.4, 0.5) is 0 Å². The van der Waals surface area contributed by atoms with Gasteiger partial charge in [0, 0.05) is 36.9 Å². The Morgan fingerprint density at radius 2 is 1.87 bits per heavy atom. The number of benzene rings is 1. The Hall–Kier alpha value is -4.00. The molecule has 7 heteroatoms. The molecule has 150 valence electrons. The molecule has 3 heterocycles. The molecule has 1 aromatic carbocycles. The summed E-state index contributed by atoms with van der Waals surface area (Å²) >= 11 is 0. The molecule has 0 bridgehead atoms. The molecule has 0 spiro atoms. The first kappa shape index (κ1) is 19.3. The molecule has 1 aliphatic rings. The highest BCUT2D eigenvalue weighted by molar-refractivity contribution is 6.46. The molecule has 1 atom stereocenters. The molecule has 1 saturated heterocycles. The largest absolute Gasteiger partial charge is 0.507 e. The molecule has 3 aromatic rings. The number of pyridine rings is 2. The van der Waals surface area contributed by atoms with Crippen LogP contribution in [0.3, 0.4) is 0 Å². The monoisotopic (exact) mass is 401 g/mol. The summed E-state index contributed by atoms with van der Waals surface area (Å²) in [7, 11) is 1.52. The number of nitrogens with zero attached hydrogens (tertiary/aromatic N) is 3. The third-order valence-electron chi connectivity index (χ3n) is 4.98. The number of aromatic nitrogens is 2. The minimum atomic E-state index is -0.751. The molecule has 1 aliphatic heterocycles. The van der Waals surface area contributed by atoms with Crippen LogP contribution in [0.5, 0.6) is 5.75 Å². The van der Waals surface area contributed by atoms with E-state index in [9.17, 15) is 14.7 Å². The Bertz CT molecular complexity index is 1110. The molecule has 1 N–H and O–H groups in total. The molecule has 30 heavy (non-hydrogen) atoms. The lowest BCUT2D eigenvalue weighted by Crippen LogP contribution is -2.29. The normalized spacial score (nSPS) is 17.9. The van der Waals surface area contributed by atoms with E-state index in [0.717, 1.165) is 5.56 Å². The number of aliphatic hydroxyl groups excluding tert-OH is 1. The highest BCUT2D eigenvalue weighted by Gasteiger charge is 2.46. The van der Waals surface area contributed by atoms with Crippen molar-refractivity contribution in [1.82, 2.24) is 14.9 Å². The fraction of sp³-hybridized carbons (Fsp3) is 0.130. The summed E-state index contributed by atoms with van der Waals surface area (Å²) in [6.07, 6.45) is 6.46. The zero-order chi connectivity index (χ0) is 21.1. The van der Waals surface area contributed by atoms with E-state index in [-0.39, 0.29) is 17.9 Å². The van der Waals surface area contributed by atoms with Crippen LogP contribution in [-0.2, 0) is 16.1 Å². The van der Waals surface area contributed by atoms with E-state index < -0.39 is 17.7 Å². The van der Waals surface area contributed by atoms with Gasteiger partial charge >= 0.3 is 0 Å². The van der Waals surface area contributed by atoms with Crippen LogP contribution in [0.25, 0.3) is 5.76 Å². The van der Waals surface area contributed by atoms with Crippen molar-refractivity contribution in [3.63, 3.8) is 0 Å². The van der Waals surface area contributed by atoms with Gasteiger partial charge in [-0.3, -0.25) is 19.6 Å². The van der Waals surface area contributed by atoms with Crippen LogP contribution in [0, 0.1) is 0 Å². The number of amides is 1. The summed E-state index contributed by atoms with van der Waals surface area (Å²) in [6, 6.07) is 13.0. The first-order valence-electron chi connectivity index (χ1n) is 9.32. The number of hydrogen-bond donors (Lipinski definition) is 1. The number of carbonyl (C=O) groups is 2. The maximum Gasteiger partial charge on any atom is 0.295 e. The standard InChI is InChI=1S/C23H19N3O4/c1-30-18-6-2-5-17(12-18)21(27)19-20(16-7-10-24-11-8-16)26(23(29)22(19)28)14-15-4-3-9-25-13-15/h2-13,20,27H,14H2,1H3/t20-/m1/s1. The predicted octanol–water partition coefficient (Wildman–Crippen LogP) is 3.11. The Morgan fingerprint density at radius 3 is 2.57 bits per heavy atom. The second-order valence-corrected chi connectivity index (χ2v) is 6.80. The number of methoxy groups -OCH3 is 1. The molecule has 1 amide bonds. The van der Waals surface area contributed by atoms with Crippen molar-refractivity contribution < 1.29 is 19.4 Å². The van der Waals surface area contributed by atoms with Crippen molar-refractivity contribution in [3.05, 3.63) is 95.6 Å². The van der Waals surface area contributed by atoms with Crippen molar-refractivity contribution in [2.75, 3.05) is 7.11 Å². The average Bonchev–Trinajstić information content (AvgIpc) is 3.05. The Morgan fingerprint density at radius 1 is 1.07 bits per heavy atom. The van der Waals surface area contributed by atoms with Crippen LogP contribution < -0.4 is 4.74 Å². The maximum absolute atomic E-state index is 13.0. The van der Waals surface area contributed by atoms with E-state index in [0.29, 0.717) is 16.9 Å². The van der Waals surface area contributed by atoms with Gasteiger partial charge in [-0.15, -0.1) is 0 Å². The lowest BCUT2D eigenvalue weighted by atomic mass is 9.96. The van der Waals surface area contributed by atoms with Crippen LogP contribution in [0.1, 0.15) is 22.7 Å². The molecule has 0 saturated carbocycles. The van der Waals surface area contributed by atoms with Gasteiger partial charge in [0.05, 0.1) is 18.7 Å². The molecular formula is C23H19N3O4. The molecule has 4 rings (SSSR count). The van der Waals surface area contributed by atoms with E-state index in [1.54, 1.807) is 67.3 Å². The number of ether oxygens (including phenoxy) is 1. The van der Waals surface area contributed by atoms with Crippen molar-refractivity contribution in [3.8, 4) is 5.75 Å². The SMILES string of the molecule is COc1cccc(C(O)=C2C(=O)C(=O)N(Cc3cccnc3)[C@@H]2c2ccncc2)c1. The molecule has 1 fully saturated rings. The van der Waals surface area contributed by atoms with Gasteiger partial charge in [0.1, 0.15) is 11.5 Å². The number of Topliss-reactive ketones (excluding diaryl/α,β-unsaturated/α-hetero) is 1. The number of carbonyl (C=O) groups excluding carboxylic acids is 2. The van der Waals surface area contributed by atoms with E-state index in [1.807, 2.05) is 6.07 Å². The first-order chi connectivity index (χ1) is 14.6. The molecule has 7 nitrogen and oxygen atoms in total. The Balaban J connectivity index is 1.85. The molecule has 0 unspecified atom stereocenters. The number of hydrogen-bond acceptors (Lipinski definition) is 6. The van der Waals surface area contributed by atoms with Gasteiger partial charge in [-0.05, 0) is 41.5 Å². The smallest absolute Gasteiger partial charge is 0.295 e. The van der Waals surface area contributed by atoms with Gasteiger partial charge in [-0.2, -0.15) is 0 Å². The van der Waals surface area contributed by atoms with Gasteiger partial charge in [0.2, 0.25) is 0 Å². The number of rotatable bonds is 5. The van der Waals surface area contributed by atoms with Crippen LogP contribution in [0.2, 0.25) is 0 Å². The van der Waals surface area contributed by atoms with Crippen LogP contribution in [-0.4, -0.2) is 38.8 Å². The Kier molecular flexibility index (Phi) is 5.26. The van der Waals surface area contributed by atoms with Gasteiger partial charge in [0.25, 0.3) is 11.7 Å². The van der Waals surface area contributed by atoms with Crippen molar-refractivity contribution in [1.29, 1.82) is 0 Å². The highest BCUT2D eigenvalue weighted by atomic mass is 16.5. The lowest BCUT2D eigenvalue weighted by Gasteiger charge is -2.25. The summed E-state index contributed by atoms with van der Waals surface area (Å²) in [5, 5.41) is 11.0. The van der Waals surface area contributed by atoms with E-state index in [2.05, 4.69) is 9.97 Å². The second-order valence-electron chi connectivity index (χ2n) is 6.80. The Labute approximate surface area is 173 Å². The highest BCUT2D eigenvalue weighted by Crippen LogP contribution is 2.40. The van der Waals surface area contributed by atoms with Crippen molar-refractivity contribution >= 4 is 17.4 Å². The van der Waals surface area contributed by atoms with Crippen molar-refractivity contribution in [2.45, 2.75) is 12.6 Å². The zero-order valence-electron chi connectivity index (χ0n) is 16.2. The molecule has 2 aromatic heterocycles. The van der Waals surface area contributed by atoms with E-state index >= 15 is 0 Å². The third-order valence-corrected chi connectivity index (χ3v) is 4.98. The van der Waals surface area contributed by atoms with Gasteiger partial charge in [-0.25, -0.2) is 0 Å². The first-order valence-corrected chi connectivity index (χ1v) is 9.32. The van der Waals surface area contributed by atoms with Crippen molar-refractivity contribution in [2.24, 2.45) is 0 Å². The average molecular weight is 401 g/mol. The van der Waals surface area contributed by atoms with E-state index in [4.69, 9.17) is 4.74 Å². The maximum atomic E-state index is 13.0. The summed E-state index contributed by atoms with van der Waals surface area (Å²) < 4.78 is 5.22. The molecular weight excluding hydrogens is 382 g/mol. The second kappa shape index (κ2) is 8.16. The minimum absolute atomic E-state index is 0.0309. The van der Waals surface area contributed by atoms with Crippen LogP contribution in [0.15, 0.2) is 78.9 Å². The number of likely N-dealkylation sites (tertiary alicyclic amines) is 1. The summed E-state index contributed by atoms with van der Waals surface area (Å²) in [6.45, 7) is 0.181. The number of ketones is 1. The topological polar surface area (TPSA) is 92.6 Å². The molecule has 0 aliphatic carbocycles. The lowest BCUT2D eigenvalue weighted by molar-refractivity contribution is -0.140. The zero-order valence-corrected chi connectivity index (χ0v) is 16.2. The summed E-state index contributed by atoms with van der Waals surface area (Å²) in [5.41, 5.74) is 1.88. The van der Waals surface area contributed by atoms with Gasteiger partial charge < -0.3 is 14.7 Å². The quantitative estimate of drug-likeness (QED) is 0.401. The summed E-state index contributed by atoms with van der Waals surface area (Å²) in [4.78, 5) is 35.5. The number of aliphatic hydroxyl groups is 1. The predicted molar refractivity (Wildman–Crippen MR) is 109 cm³/mol. The minimum Gasteiger partial charge on any atom is -0.507 e. The van der Waals surface area contributed by atoms with Gasteiger partial charge in [0.15, 0.2) is 0 Å².